The Hall–Kier alpha value is -3.29. The van der Waals surface area contributed by atoms with Gasteiger partial charge in [0.15, 0.2) is 0 Å². The van der Waals surface area contributed by atoms with Crippen molar-refractivity contribution in [3.63, 3.8) is 0 Å². The van der Waals surface area contributed by atoms with Crippen LogP contribution >= 0.6 is 0 Å². The van der Waals surface area contributed by atoms with Crippen molar-refractivity contribution in [2.45, 2.75) is 38.5 Å². The van der Waals surface area contributed by atoms with Gasteiger partial charge < -0.3 is 20.9 Å². The number of pyridine rings is 1. The van der Waals surface area contributed by atoms with Crippen LogP contribution in [-0.4, -0.2) is 22.7 Å². The number of rotatable bonds is 7. The number of alkyl carbamates (subject to hydrolysis) is 1. The van der Waals surface area contributed by atoms with Crippen molar-refractivity contribution in [2.24, 2.45) is 5.73 Å². The maximum absolute atomic E-state index is 13.4. The summed E-state index contributed by atoms with van der Waals surface area (Å²) in [5.41, 5.74) is 6.63. The van der Waals surface area contributed by atoms with Gasteiger partial charge in [0.2, 0.25) is 0 Å². The molecule has 3 rings (SSSR count). The standard InChI is InChI=1S/C25H28FN3O3/c1-24(2,29-23(30)32-15-17-7-5-4-6-8-17)19-13-21(18-9-11-20(26)12-10-18)28-22(14-19)25(3,31)16-27/h4-14,31H,15-16,27H2,1-3H3,(H,29,30). The number of benzene rings is 2. The minimum Gasteiger partial charge on any atom is -0.445 e. The largest absolute Gasteiger partial charge is 0.445 e. The quantitative estimate of drug-likeness (QED) is 0.514. The predicted molar refractivity (Wildman–Crippen MR) is 121 cm³/mol. The molecule has 0 aliphatic rings. The highest BCUT2D eigenvalue weighted by molar-refractivity contribution is 5.69. The van der Waals surface area contributed by atoms with E-state index >= 15 is 0 Å². The number of nitrogens with one attached hydrogen (secondary N) is 1. The third-order valence-electron chi connectivity index (χ3n) is 5.26. The first kappa shape index (κ1) is 23.4. The van der Waals surface area contributed by atoms with Gasteiger partial charge in [0.1, 0.15) is 18.0 Å². The van der Waals surface area contributed by atoms with Gasteiger partial charge in [0, 0.05) is 12.1 Å². The molecular weight excluding hydrogens is 409 g/mol. The molecule has 3 aromatic rings. The molecule has 0 aliphatic carbocycles. The number of hydrogen-bond acceptors (Lipinski definition) is 5. The van der Waals surface area contributed by atoms with Gasteiger partial charge in [-0.25, -0.2) is 14.2 Å². The van der Waals surface area contributed by atoms with Gasteiger partial charge in [0.25, 0.3) is 0 Å². The van der Waals surface area contributed by atoms with Crippen LogP contribution in [0.15, 0.2) is 66.7 Å². The summed E-state index contributed by atoms with van der Waals surface area (Å²) in [5.74, 6) is -0.359. The van der Waals surface area contributed by atoms with E-state index in [9.17, 15) is 14.3 Å². The average Bonchev–Trinajstić information content (AvgIpc) is 2.78. The Balaban J connectivity index is 1.89. The van der Waals surface area contributed by atoms with Crippen LogP contribution in [0.5, 0.6) is 0 Å². The zero-order valence-corrected chi connectivity index (χ0v) is 18.4. The molecule has 1 atom stereocenters. The molecule has 0 aliphatic heterocycles. The molecule has 0 saturated carbocycles. The first-order valence-corrected chi connectivity index (χ1v) is 10.3. The molecule has 0 fully saturated rings. The molecule has 0 spiro atoms. The Kier molecular flexibility index (Phi) is 6.91. The molecule has 0 bridgehead atoms. The fourth-order valence-corrected chi connectivity index (χ4v) is 3.13. The van der Waals surface area contributed by atoms with E-state index in [2.05, 4.69) is 10.3 Å². The minimum absolute atomic E-state index is 0.0424. The van der Waals surface area contributed by atoms with Gasteiger partial charge in [-0.15, -0.1) is 0 Å². The number of halogens is 1. The molecule has 168 valence electrons. The lowest BCUT2D eigenvalue weighted by Gasteiger charge is -2.29. The van der Waals surface area contributed by atoms with Crippen LogP contribution in [0.3, 0.4) is 0 Å². The summed E-state index contributed by atoms with van der Waals surface area (Å²) in [6.45, 7) is 5.32. The number of aromatic nitrogens is 1. The second-order valence-electron chi connectivity index (χ2n) is 8.42. The van der Waals surface area contributed by atoms with Crippen molar-refractivity contribution in [1.29, 1.82) is 0 Å². The fourth-order valence-electron chi connectivity index (χ4n) is 3.13. The van der Waals surface area contributed by atoms with Crippen molar-refractivity contribution in [3.05, 3.63) is 89.4 Å². The average molecular weight is 438 g/mol. The Bertz CT molecular complexity index is 1070. The normalized spacial score (nSPS) is 13.3. The van der Waals surface area contributed by atoms with Gasteiger partial charge in [-0.2, -0.15) is 0 Å². The van der Waals surface area contributed by atoms with Gasteiger partial charge in [-0.1, -0.05) is 30.3 Å². The highest BCUT2D eigenvalue weighted by Crippen LogP contribution is 2.30. The Morgan fingerprint density at radius 2 is 1.75 bits per heavy atom. The summed E-state index contributed by atoms with van der Waals surface area (Å²) in [6, 6.07) is 18.8. The summed E-state index contributed by atoms with van der Waals surface area (Å²) in [7, 11) is 0. The van der Waals surface area contributed by atoms with E-state index in [-0.39, 0.29) is 19.0 Å². The summed E-state index contributed by atoms with van der Waals surface area (Å²) in [4.78, 5) is 17.0. The lowest BCUT2D eigenvalue weighted by molar-refractivity contribution is 0.0621. The number of aliphatic hydroxyl groups is 1. The van der Waals surface area contributed by atoms with Crippen molar-refractivity contribution in [1.82, 2.24) is 10.3 Å². The summed E-state index contributed by atoms with van der Waals surface area (Å²) < 4.78 is 18.7. The SMILES string of the molecule is CC(O)(CN)c1cc(C(C)(C)NC(=O)OCc2ccccc2)cc(-c2ccc(F)cc2)n1. The number of amides is 1. The summed E-state index contributed by atoms with van der Waals surface area (Å²) >= 11 is 0. The van der Waals surface area contributed by atoms with Crippen LogP contribution in [-0.2, 0) is 22.5 Å². The number of hydrogen-bond donors (Lipinski definition) is 3. The van der Waals surface area contributed by atoms with Gasteiger partial charge >= 0.3 is 6.09 Å². The zero-order valence-electron chi connectivity index (χ0n) is 18.4. The number of nitrogens with zero attached hydrogens (tertiary/aromatic N) is 1. The molecule has 32 heavy (non-hydrogen) atoms. The molecule has 0 radical (unpaired) electrons. The van der Waals surface area contributed by atoms with E-state index in [0.717, 1.165) is 5.56 Å². The molecule has 1 heterocycles. The third-order valence-corrected chi connectivity index (χ3v) is 5.26. The maximum atomic E-state index is 13.4. The van der Waals surface area contributed by atoms with E-state index in [0.29, 0.717) is 22.5 Å². The molecule has 1 amide bonds. The van der Waals surface area contributed by atoms with Crippen LogP contribution in [0.25, 0.3) is 11.3 Å². The molecule has 7 heteroatoms. The van der Waals surface area contributed by atoms with Crippen molar-refractivity contribution >= 4 is 6.09 Å². The van der Waals surface area contributed by atoms with E-state index < -0.39 is 17.2 Å². The number of nitrogens with two attached hydrogens (primary N) is 1. The van der Waals surface area contributed by atoms with Crippen molar-refractivity contribution in [2.75, 3.05) is 6.54 Å². The summed E-state index contributed by atoms with van der Waals surface area (Å²) in [6.07, 6.45) is -0.578. The predicted octanol–water partition coefficient (Wildman–Crippen LogP) is 4.22. The van der Waals surface area contributed by atoms with Crippen LogP contribution in [0.2, 0.25) is 0 Å². The van der Waals surface area contributed by atoms with E-state index in [1.807, 2.05) is 44.2 Å². The first-order valence-electron chi connectivity index (χ1n) is 10.3. The lowest BCUT2D eigenvalue weighted by Crippen LogP contribution is -2.42. The smallest absolute Gasteiger partial charge is 0.408 e. The lowest BCUT2D eigenvalue weighted by atomic mass is 9.90. The van der Waals surface area contributed by atoms with E-state index in [1.165, 1.54) is 12.1 Å². The molecular formula is C25H28FN3O3. The highest BCUT2D eigenvalue weighted by atomic mass is 19.1. The Morgan fingerprint density at radius 1 is 1.09 bits per heavy atom. The second-order valence-corrected chi connectivity index (χ2v) is 8.42. The molecule has 0 saturated heterocycles. The Labute approximate surface area is 187 Å². The van der Waals surface area contributed by atoms with Gasteiger partial charge in [0.05, 0.1) is 16.9 Å². The molecule has 1 unspecified atom stereocenters. The monoisotopic (exact) mass is 437 g/mol. The number of ether oxygens (including phenoxy) is 1. The number of carbonyl (C=O) groups excluding carboxylic acids is 1. The topological polar surface area (TPSA) is 97.5 Å². The van der Waals surface area contributed by atoms with Gasteiger partial charge in [-0.05, 0) is 68.3 Å². The molecule has 4 N–H and O–H groups in total. The first-order chi connectivity index (χ1) is 15.1. The molecule has 2 aromatic carbocycles. The Morgan fingerprint density at radius 3 is 2.38 bits per heavy atom. The summed E-state index contributed by atoms with van der Waals surface area (Å²) in [5, 5.41) is 13.6. The van der Waals surface area contributed by atoms with E-state index in [1.54, 1.807) is 31.2 Å². The van der Waals surface area contributed by atoms with Crippen LogP contribution in [0.4, 0.5) is 9.18 Å². The van der Waals surface area contributed by atoms with Crippen LogP contribution < -0.4 is 11.1 Å². The van der Waals surface area contributed by atoms with Crippen LogP contribution in [0.1, 0.15) is 37.6 Å². The van der Waals surface area contributed by atoms with Crippen molar-refractivity contribution < 1.29 is 19.0 Å². The van der Waals surface area contributed by atoms with Gasteiger partial charge in [-0.3, -0.25) is 0 Å². The molecule has 6 nitrogen and oxygen atoms in total. The number of carbonyl (C=O) groups is 1. The highest BCUT2D eigenvalue weighted by Gasteiger charge is 2.29. The minimum atomic E-state index is -1.38. The molecule has 1 aromatic heterocycles. The third kappa shape index (κ3) is 5.69. The maximum Gasteiger partial charge on any atom is 0.408 e. The second kappa shape index (κ2) is 9.46. The van der Waals surface area contributed by atoms with Crippen molar-refractivity contribution in [3.8, 4) is 11.3 Å². The zero-order chi connectivity index (χ0) is 23.4. The fraction of sp³-hybridized carbons (Fsp3) is 0.280. The van der Waals surface area contributed by atoms with E-state index in [4.69, 9.17) is 10.5 Å². The van der Waals surface area contributed by atoms with Crippen LogP contribution in [0, 0.1) is 5.82 Å².